The molecule has 0 radical (unpaired) electrons. The third kappa shape index (κ3) is 3.64. The SMILES string of the molecule is Cn1ncc2ccc(C#CCNC(=O)OCC3c4ccccc4-c4ccccc43)cc21. The highest BCUT2D eigenvalue weighted by atomic mass is 16.5. The fraction of sp³-hybridized carbons (Fsp3) is 0.154. The van der Waals surface area contributed by atoms with Crippen molar-refractivity contribution < 1.29 is 9.53 Å². The van der Waals surface area contributed by atoms with Crippen molar-refractivity contribution in [3.8, 4) is 23.0 Å². The van der Waals surface area contributed by atoms with Crippen molar-refractivity contribution in [1.82, 2.24) is 15.1 Å². The number of amides is 1. The molecule has 0 atom stereocenters. The molecule has 31 heavy (non-hydrogen) atoms. The van der Waals surface area contributed by atoms with Crippen molar-refractivity contribution in [2.75, 3.05) is 13.2 Å². The first-order chi connectivity index (χ1) is 15.2. The minimum Gasteiger partial charge on any atom is -0.449 e. The van der Waals surface area contributed by atoms with Gasteiger partial charge in [-0.25, -0.2) is 4.79 Å². The van der Waals surface area contributed by atoms with Crippen LogP contribution in [0.1, 0.15) is 22.6 Å². The lowest BCUT2D eigenvalue weighted by atomic mass is 9.98. The van der Waals surface area contributed by atoms with Crippen LogP contribution in [0.3, 0.4) is 0 Å². The number of hydrogen-bond donors (Lipinski definition) is 1. The van der Waals surface area contributed by atoms with E-state index in [1.165, 1.54) is 22.3 Å². The molecule has 1 amide bonds. The van der Waals surface area contributed by atoms with Gasteiger partial charge in [-0.15, -0.1) is 0 Å². The summed E-state index contributed by atoms with van der Waals surface area (Å²) < 4.78 is 7.34. The molecule has 0 fully saturated rings. The molecule has 5 nitrogen and oxygen atoms in total. The summed E-state index contributed by atoms with van der Waals surface area (Å²) in [7, 11) is 1.90. The third-order valence-corrected chi connectivity index (χ3v) is 5.65. The zero-order valence-electron chi connectivity index (χ0n) is 17.1. The van der Waals surface area contributed by atoms with Crippen molar-refractivity contribution in [3.63, 3.8) is 0 Å². The quantitative estimate of drug-likeness (QED) is 0.510. The number of hydrogen-bond acceptors (Lipinski definition) is 3. The van der Waals surface area contributed by atoms with Crippen LogP contribution in [0.5, 0.6) is 0 Å². The molecule has 1 heterocycles. The molecule has 1 aliphatic carbocycles. The molecule has 1 aromatic heterocycles. The van der Waals surface area contributed by atoms with Crippen LogP contribution < -0.4 is 5.32 Å². The van der Waals surface area contributed by atoms with Crippen molar-refractivity contribution in [2.45, 2.75) is 5.92 Å². The summed E-state index contributed by atoms with van der Waals surface area (Å²) in [5, 5.41) is 8.02. The van der Waals surface area contributed by atoms with E-state index >= 15 is 0 Å². The lowest BCUT2D eigenvalue weighted by Crippen LogP contribution is -2.26. The van der Waals surface area contributed by atoms with Crippen LogP contribution in [0, 0.1) is 11.8 Å². The predicted molar refractivity (Wildman–Crippen MR) is 121 cm³/mol. The number of rotatable bonds is 3. The first-order valence-corrected chi connectivity index (χ1v) is 10.2. The van der Waals surface area contributed by atoms with E-state index in [0.29, 0.717) is 6.61 Å². The standard InChI is InChI=1S/C26H21N3O2/c1-29-25-15-18(12-13-19(25)16-28-29)7-6-14-27-26(30)31-17-24-22-10-4-2-8-20(22)21-9-3-5-11-23(21)24/h2-5,8-13,15-16,24H,14,17H2,1H3,(H,27,30). The van der Waals surface area contributed by atoms with E-state index < -0.39 is 6.09 Å². The van der Waals surface area contributed by atoms with Crippen LogP contribution in [0.25, 0.3) is 22.0 Å². The van der Waals surface area contributed by atoms with Gasteiger partial charge in [0, 0.05) is 23.9 Å². The van der Waals surface area contributed by atoms with Gasteiger partial charge in [-0.2, -0.15) is 5.10 Å². The average molecular weight is 407 g/mol. The second-order valence-corrected chi connectivity index (χ2v) is 7.52. The van der Waals surface area contributed by atoms with E-state index in [4.69, 9.17) is 4.74 Å². The highest BCUT2D eigenvalue weighted by Gasteiger charge is 2.28. The zero-order valence-corrected chi connectivity index (χ0v) is 17.1. The van der Waals surface area contributed by atoms with Crippen LogP contribution in [0.4, 0.5) is 4.79 Å². The van der Waals surface area contributed by atoms with Gasteiger partial charge in [-0.3, -0.25) is 4.68 Å². The first-order valence-electron chi connectivity index (χ1n) is 10.2. The van der Waals surface area contributed by atoms with Gasteiger partial charge in [0.2, 0.25) is 0 Å². The van der Waals surface area contributed by atoms with E-state index in [9.17, 15) is 4.79 Å². The maximum atomic E-state index is 12.2. The molecule has 0 saturated heterocycles. The number of aromatic nitrogens is 2. The van der Waals surface area contributed by atoms with Gasteiger partial charge in [0.05, 0.1) is 18.3 Å². The second-order valence-electron chi connectivity index (χ2n) is 7.52. The molecule has 0 saturated carbocycles. The Balaban J connectivity index is 1.19. The van der Waals surface area contributed by atoms with E-state index in [1.54, 1.807) is 0 Å². The van der Waals surface area contributed by atoms with Gasteiger partial charge in [0.1, 0.15) is 6.61 Å². The fourth-order valence-electron chi connectivity index (χ4n) is 4.13. The van der Waals surface area contributed by atoms with Gasteiger partial charge in [0.15, 0.2) is 0 Å². The van der Waals surface area contributed by atoms with E-state index in [-0.39, 0.29) is 12.5 Å². The molecule has 1 aliphatic rings. The molecular formula is C26H21N3O2. The Kier molecular flexibility index (Phi) is 4.89. The minimum atomic E-state index is -0.460. The number of alkyl carbamates (subject to hydrolysis) is 1. The maximum absolute atomic E-state index is 12.2. The number of fused-ring (bicyclic) bond motifs is 4. The topological polar surface area (TPSA) is 56.2 Å². The van der Waals surface area contributed by atoms with Gasteiger partial charge < -0.3 is 10.1 Å². The van der Waals surface area contributed by atoms with Crippen molar-refractivity contribution in [1.29, 1.82) is 0 Å². The predicted octanol–water partition coefficient (Wildman–Crippen LogP) is 4.46. The Bertz CT molecular complexity index is 1300. The Hall–Kier alpha value is -4.04. The molecule has 1 N–H and O–H groups in total. The zero-order chi connectivity index (χ0) is 21.2. The monoisotopic (exact) mass is 407 g/mol. The van der Waals surface area contributed by atoms with E-state index in [0.717, 1.165) is 16.5 Å². The summed E-state index contributed by atoms with van der Waals surface area (Å²) in [6.07, 6.45) is 1.36. The Morgan fingerprint density at radius 2 is 1.77 bits per heavy atom. The summed E-state index contributed by atoms with van der Waals surface area (Å²) in [4.78, 5) is 12.2. The lowest BCUT2D eigenvalue weighted by Gasteiger charge is -2.14. The highest BCUT2D eigenvalue weighted by Crippen LogP contribution is 2.44. The molecule has 4 aromatic rings. The summed E-state index contributed by atoms with van der Waals surface area (Å²) in [5.74, 6) is 6.10. The number of benzene rings is 3. The van der Waals surface area contributed by atoms with Crippen molar-refractivity contribution in [3.05, 3.63) is 89.6 Å². The average Bonchev–Trinajstić information content (AvgIpc) is 3.33. The van der Waals surface area contributed by atoms with Gasteiger partial charge in [-0.1, -0.05) is 60.4 Å². The normalized spacial score (nSPS) is 12.0. The molecule has 0 bridgehead atoms. The minimum absolute atomic E-state index is 0.0508. The molecule has 0 aliphatic heterocycles. The molecule has 0 spiro atoms. The van der Waals surface area contributed by atoms with Crippen molar-refractivity contribution in [2.24, 2.45) is 7.05 Å². The highest BCUT2D eigenvalue weighted by molar-refractivity contribution is 5.80. The Morgan fingerprint density at radius 3 is 2.52 bits per heavy atom. The Morgan fingerprint density at radius 1 is 1.06 bits per heavy atom. The number of ether oxygens (including phenoxy) is 1. The van der Waals surface area contributed by atoms with Crippen LogP contribution >= 0.6 is 0 Å². The number of carbonyl (C=O) groups excluding carboxylic acids is 1. The summed E-state index contributed by atoms with van der Waals surface area (Å²) in [6, 6.07) is 22.5. The number of nitrogens with zero attached hydrogens (tertiary/aromatic N) is 2. The van der Waals surface area contributed by atoms with Crippen LogP contribution in [0.15, 0.2) is 72.9 Å². The van der Waals surface area contributed by atoms with Crippen LogP contribution in [0.2, 0.25) is 0 Å². The third-order valence-electron chi connectivity index (χ3n) is 5.65. The lowest BCUT2D eigenvalue weighted by molar-refractivity contribution is 0.144. The van der Waals surface area contributed by atoms with E-state index in [2.05, 4.69) is 46.5 Å². The van der Waals surface area contributed by atoms with Crippen LogP contribution in [-0.2, 0) is 11.8 Å². The smallest absolute Gasteiger partial charge is 0.407 e. The summed E-state index contributed by atoms with van der Waals surface area (Å²) in [6.45, 7) is 0.518. The molecule has 3 aromatic carbocycles. The van der Waals surface area contributed by atoms with E-state index in [1.807, 2.05) is 60.4 Å². The number of nitrogens with one attached hydrogen (secondary N) is 1. The number of carbonyl (C=O) groups is 1. The first kappa shape index (κ1) is 19.0. The van der Waals surface area contributed by atoms with Crippen molar-refractivity contribution >= 4 is 17.0 Å². The van der Waals surface area contributed by atoms with Crippen LogP contribution in [-0.4, -0.2) is 29.0 Å². The largest absolute Gasteiger partial charge is 0.449 e. The molecule has 0 unspecified atom stereocenters. The molecule has 5 heteroatoms. The molecule has 152 valence electrons. The van der Waals surface area contributed by atoms with Gasteiger partial charge >= 0.3 is 6.09 Å². The molecule has 5 rings (SSSR count). The second kappa shape index (κ2) is 8.00. The van der Waals surface area contributed by atoms with Gasteiger partial charge in [0.25, 0.3) is 0 Å². The summed E-state index contributed by atoms with van der Waals surface area (Å²) in [5.41, 5.74) is 6.72. The van der Waals surface area contributed by atoms with Gasteiger partial charge in [-0.05, 0) is 40.5 Å². The number of aryl methyl sites for hydroxylation is 1. The molecular weight excluding hydrogens is 386 g/mol. The maximum Gasteiger partial charge on any atom is 0.407 e. The fourth-order valence-corrected chi connectivity index (χ4v) is 4.13. The Labute approximate surface area is 180 Å². The summed E-state index contributed by atoms with van der Waals surface area (Å²) >= 11 is 0.